The van der Waals surface area contributed by atoms with E-state index in [0.29, 0.717) is 24.2 Å². The van der Waals surface area contributed by atoms with Crippen molar-refractivity contribution in [1.82, 2.24) is 5.32 Å². The lowest BCUT2D eigenvalue weighted by atomic mass is 10.2. The maximum Gasteiger partial charge on any atom is 0.252 e. The Kier molecular flexibility index (Phi) is 6.33. The van der Waals surface area contributed by atoms with Gasteiger partial charge < -0.3 is 10.6 Å². The number of benzene rings is 1. The van der Waals surface area contributed by atoms with Gasteiger partial charge in [-0.05, 0) is 42.5 Å². The Morgan fingerprint density at radius 3 is 2.60 bits per heavy atom. The number of sulfone groups is 1. The quantitative estimate of drug-likeness (QED) is 0.722. The minimum atomic E-state index is -3.33. The topological polar surface area (TPSA) is 92.3 Å². The summed E-state index contributed by atoms with van der Waals surface area (Å²) in [6.07, 6.45) is 1.85. The molecule has 1 aromatic carbocycles. The zero-order valence-corrected chi connectivity index (χ0v) is 15.7. The van der Waals surface area contributed by atoms with E-state index in [4.69, 9.17) is 0 Å². The van der Waals surface area contributed by atoms with Crippen LogP contribution in [0.5, 0.6) is 0 Å². The van der Waals surface area contributed by atoms with Gasteiger partial charge in [0.25, 0.3) is 5.91 Å². The smallest absolute Gasteiger partial charge is 0.252 e. The number of anilines is 1. The van der Waals surface area contributed by atoms with Crippen LogP contribution in [0.2, 0.25) is 0 Å². The molecule has 2 N–H and O–H groups in total. The van der Waals surface area contributed by atoms with Crippen LogP contribution in [0.4, 0.5) is 5.69 Å². The van der Waals surface area contributed by atoms with Gasteiger partial charge in [-0.1, -0.05) is 6.07 Å². The van der Waals surface area contributed by atoms with Gasteiger partial charge in [0, 0.05) is 35.9 Å². The summed E-state index contributed by atoms with van der Waals surface area (Å²) in [5.74, 6) is -0.378. The van der Waals surface area contributed by atoms with E-state index in [-0.39, 0.29) is 23.1 Å². The van der Waals surface area contributed by atoms with E-state index in [9.17, 15) is 18.0 Å². The van der Waals surface area contributed by atoms with Gasteiger partial charge in [0.15, 0.2) is 9.84 Å². The van der Waals surface area contributed by atoms with Crippen molar-refractivity contribution < 1.29 is 18.0 Å². The fourth-order valence-electron chi connectivity index (χ4n) is 2.13. The monoisotopic (exact) mass is 380 g/mol. The fourth-order valence-corrected chi connectivity index (χ4v) is 3.41. The molecule has 134 valence electrons. The summed E-state index contributed by atoms with van der Waals surface area (Å²) >= 11 is 1.45. The van der Waals surface area contributed by atoms with Crippen LogP contribution in [0.25, 0.3) is 0 Å². The van der Waals surface area contributed by atoms with Gasteiger partial charge in [-0.15, -0.1) is 0 Å². The Balaban J connectivity index is 1.83. The van der Waals surface area contributed by atoms with Crippen molar-refractivity contribution >= 4 is 38.7 Å². The number of nitrogens with one attached hydrogen (secondary N) is 2. The average molecular weight is 380 g/mol. The number of amides is 2. The minimum absolute atomic E-state index is 0.154. The number of hydrogen-bond donors (Lipinski definition) is 2. The summed E-state index contributed by atoms with van der Waals surface area (Å²) in [5.41, 5.74) is 1.88. The third-order valence-corrected chi connectivity index (χ3v) is 5.35. The molecule has 2 rings (SSSR count). The Morgan fingerprint density at radius 2 is 1.96 bits per heavy atom. The molecule has 8 heteroatoms. The van der Waals surface area contributed by atoms with E-state index in [1.807, 2.05) is 5.38 Å². The highest BCUT2D eigenvalue weighted by Gasteiger charge is 2.11. The lowest BCUT2D eigenvalue weighted by Gasteiger charge is -2.10. The van der Waals surface area contributed by atoms with Crippen LogP contribution in [0.15, 0.2) is 39.9 Å². The van der Waals surface area contributed by atoms with Crippen molar-refractivity contribution in [1.29, 1.82) is 0 Å². The van der Waals surface area contributed by atoms with Gasteiger partial charge in [-0.25, -0.2) is 8.42 Å². The van der Waals surface area contributed by atoms with Crippen LogP contribution >= 0.6 is 11.3 Å². The molecule has 1 aromatic heterocycles. The molecule has 0 aliphatic heterocycles. The van der Waals surface area contributed by atoms with Crippen LogP contribution in [0.3, 0.4) is 0 Å². The third-order valence-electron chi connectivity index (χ3n) is 3.56. The maximum atomic E-state index is 12.0. The van der Waals surface area contributed by atoms with Crippen LogP contribution < -0.4 is 10.6 Å². The van der Waals surface area contributed by atoms with Crippen LogP contribution in [0, 0.1) is 6.92 Å². The molecule has 0 bridgehead atoms. The highest BCUT2D eigenvalue weighted by Crippen LogP contribution is 2.20. The summed E-state index contributed by atoms with van der Waals surface area (Å²) in [6.45, 7) is 2.19. The second kappa shape index (κ2) is 8.26. The summed E-state index contributed by atoms with van der Waals surface area (Å²) in [6, 6.07) is 6.37. The largest absolute Gasteiger partial charge is 0.352 e. The Morgan fingerprint density at radius 1 is 1.20 bits per heavy atom. The molecule has 0 atom stereocenters. The molecule has 25 heavy (non-hydrogen) atoms. The first kappa shape index (κ1) is 19.1. The molecule has 2 aromatic rings. The highest BCUT2D eigenvalue weighted by atomic mass is 32.2. The van der Waals surface area contributed by atoms with Gasteiger partial charge in [0.2, 0.25) is 5.91 Å². The number of aryl methyl sites for hydroxylation is 1. The predicted octanol–water partition coefficient (Wildman–Crippen LogP) is 2.61. The van der Waals surface area contributed by atoms with Gasteiger partial charge in [-0.2, -0.15) is 11.3 Å². The standard InChI is InChI=1S/C17H20N2O4S2/c1-12-5-6-14(25(2,22)23)10-15(12)19-16(20)4-3-8-18-17(21)13-7-9-24-11-13/h5-7,9-11H,3-4,8H2,1-2H3,(H,18,21)(H,19,20). The summed E-state index contributed by atoms with van der Waals surface area (Å²) in [7, 11) is -3.33. The van der Waals surface area contributed by atoms with Gasteiger partial charge in [-0.3, -0.25) is 9.59 Å². The molecular weight excluding hydrogens is 360 g/mol. The minimum Gasteiger partial charge on any atom is -0.352 e. The molecule has 0 fully saturated rings. The maximum absolute atomic E-state index is 12.0. The SMILES string of the molecule is Cc1ccc(S(C)(=O)=O)cc1NC(=O)CCCNC(=O)c1ccsc1. The van der Waals surface area contributed by atoms with Crippen molar-refractivity contribution in [2.24, 2.45) is 0 Å². The van der Waals surface area contributed by atoms with Crippen LogP contribution in [-0.4, -0.2) is 33.0 Å². The summed E-state index contributed by atoms with van der Waals surface area (Å²) < 4.78 is 23.2. The summed E-state index contributed by atoms with van der Waals surface area (Å²) in [5, 5.41) is 9.07. The van der Waals surface area contributed by atoms with E-state index >= 15 is 0 Å². The van der Waals surface area contributed by atoms with Crippen molar-refractivity contribution in [2.75, 3.05) is 18.1 Å². The van der Waals surface area contributed by atoms with Crippen molar-refractivity contribution in [2.45, 2.75) is 24.7 Å². The molecule has 0 unspecified atom stereocenters. The van der Waals surface area contributed by atoms with Gasteiger partial charge in [0.1, 0.15) is 0 Å². The molecule has 0 saturated heterocycles. The lowest BCUT2D eigenvalue weighted by molar-refractivity contribution is -0.116. The Labute approximate surface area is 151 Å². The fraction of sp³-hybridized carbons (Fsp3) is 0.294. The van der Waals surface area contributed by atoms with E-state index in [0.717, 1.165) is 11.8 Å². The number of thiophene rings is 1. The molecule has 0 spiro atoms. The Hall–Kier alpha value is -2.19. The first-order chi connectivity index (χ1) is 11.8. The zero-order chi connectivity index (χ0) is 18.4. The van der Waals surface area contributed by atoms with E-state index in [1.54, 1.807) is 24.4 Å². The molecule has 0 aliphatic rings. The molecule has 0 saturated carbocycles. The zero-order valence-electron chi connectivity index (χ0n) is 14.0. The average Bonchev–Trinajstić information content (AvgIpc) is 3.07. The second-order valence-electron chi connectivity index (χ2n) is 5.67. The highest BCUT2D eigenvalue weighted by molar-refractivity contribution is 7.90. The number of carbonyl (C=O) groups is 2. The molecule has 0 radical (unpaired) electrons. The predicted molar refractivity (Wildman–Crippen MR) is 98.8 cm³/mol. The van der Waals surface area contributed by atoms with E-state index in [1.165, 1.54) is 23.5 Å². The van der Waals surface area contributed by atoms with Crippen LogP contribution in [-0.2, 0) is 14.6 Å². The van der Waals surface area contributed by atoms with Crippen LogP contribution in [0.1, 0.15) is 28.8 Å². The summed E-state index contributed by atoms with van der Waals surface area (Å²) in [4.78, 5) is 23.9. The third kappa shape index (κ3) is 5.68. The molecule has 2 amide bonds. The second-order valence-corrected chi connectivity index (χ2v) is 8.46. The van der Waals surface area contributed by atoms with Gasteiger partial charge >= 0.3 is 0 Å². The lowest BCUT2D eigenvalue weighted by Crippen LogP contribution is -2.25. The normalized spacial score (nSPS) is 11.1. The van der Waals surface area contributed by atoms with Crippen molar-refractivity contribution in [3.05, 3.63) is 46.2 Å². The van der Waals surface area contributed by atoms with E-state index < -0.39 is 9.84 Å². The molecule has 1 heterocycles. The number of rotatable bonds is 7. The first-order valence-corrected chi connectivity index (χ1v) is 10.5. The Bertz CT molecular complexity index is 859. The number of carbonyl (C=O) groups excluding carboxylic acids is 2. The number of hydrogen-bond acceptors (Lipinski definition) is 5. The van der Waals surface area contributed by atoms with Crippen molar-refractivity contribution in [3.8, 4) is 0 Å². The molecule has 6 nitrogen and oxygen atoms in total. The molecular formula is C17H20N2O4S2. The molecule has 0 aliphatic carbocycles. The van der Waals surface area contributed by atoms with Gasteiger partial charge in [0.05, 0.1) is 4.90 Å². The van der Waals surface area contributed by atoms with Crippen molar-refractivity contribution in [3.63, 3.8) is 0 Å². The first-order valence-electron chi connectivity index (χ1n) is 7.68. The van der Waals surface area contributed by atoms with E-state index in [2.05, 4.69) is 10.6 Å².